The highest BCUT2D eigenvalue weighted by Crippen LogP contribution is 2.22. The molecule has 0 radical (unpaired) electrons. The molecule has 1 heterocycles. The number of piperidine rings is 1. The maximum atomic E-state index is 12.9. The number of hydrogen-bond donors (Lipinski definition) is 1. The first-order valence-corrected chi connectivity index (χ1v) is 9.38. The van der Waals surface area contributed by atoms with Crippen molar-refractivity contribution in [2.45, 2.75) is 32.7 Å². The van der Waals surface area contributed by atoms with Gasteiger partial charge in [-0.15, -0.1) is 0 Å². The van der Waals surface area contributed by atoms with Crippen molar-refractivity contribution < 1.29 is 14.0 Å². The standard InChI is InChI=1S/C22H25FN2O2/c1-16-2-6-19(7-3-16)22(27)25-12-10-17(11-13-25)14-21(26)24-15-18-4-8-20(23)9-5-18/h2-9,17H,10-15H2,1H3,(H,24,26). The number of halogens is 1. The number of nitrogens with zero attached hydrogens (tertiary/aromatic N) is 1. The van der Waals surface area contributed by atoms with E-state index in [9.17, 15) is 14.0 Å². The molecule has 1 aliphatic rings. The van der Waals surface area contributed by atoms with Crippen LogP contribution in [-0.4, -0.2) is 29.8 Å². The molecule has 0 atom stereocenters. The van der Waals surface area contributed by atoms with Gasteiger partial charge in [-0.25, -0.2) is 4.39 Å². The second kappa shape index (κ2) is 8.80. The lowest BCUT2D eigenvalue weighted by Crippen LogP contribution is -2.39. The maximum absolute atomic E-state index is 12.9. The number of hydrogen-bond acceptors (Lipinski definition) is 2. The summed E-state index contributed by atoms with van der Waals surface area (Å²) in [6, 6.07) is 13.8. The molecule has 0 aliphatic carbocycles. The minimum atomic E-state index is -0.281. The van der Waals surface area contributed by atoms with E-state index in [0.29, 0.717) is 32.0 Å². The van der Waals surface area contributed by atoms with Crippen LogP contribution in [0.15, 0.2) is 48.5 Å². The first-order valence-electron chi connectivity index (χ1n) is 9.38. The molecule has 5 heteroatoms. The summed E-state index contributed by atoms with van der Waals surface area (Å²) in [5.41, 5.74) is 2.73. The van der Waals surface area contributed by atoms with Gasteiger partial charge in [0.25, 0.3) is 5.91 Å². The molecule has 3 rings (SSSR count). The zero-order chi connectivity index (χ0) is 19.2. The summed E-state index contributed by atoms with van der Waals surface area (Å²) in [4.78, 5) is 26.6. The highest BCUT2D eigenvalue weighted by Gasteiger charge is 2.25. The largest absolute Gasteiger partial charge is 0.352 e. The summed E-state index contributed by atoms with van der Waals surface area (Å²) in [6.07, 6.45) is 2.14. The van der Waals surface area contributed by atoms with Crippen LogP contribution in [0.1, 0.15) is 40.7 Å². The van der Waals surface area contributed by atoms with Crippen molar-refractivity contribution in [2.75, 3.05) is 13.1 Å². The number of likely N-dealkylation sites (tertiary alicyclic amines) is 1. The van der Waals surface area contributed by atoms with E-state index in [-0.39, 0.29) is 17.6 Å². The van der Waals surface area contributed by atoms with E-state index in [4.69, 9.17) is 0 Å². The van der Waals surface area contributed by atoms with Crippen molar-refractivity contribution in [2.24, 2.45) is 5.92 Å². The average molecular weight is 368 g/mol. The fourth-order valence-corrected chi connectivity index (χ4v) is 3.36. The molecule has 2 amide bonds. The average Bonchev–Trinajstić information content (AvgIpc) is 2.68. The van der Waals surface area contributed by atoms with Gasteiger partial charge in [-0.1, -0.05) is 29.8 Å². The molecule has 0 bridgehead atoms. The fraction of sp³-hybridized carbons (Fsp3) is 0.364. The fourth-order valence-electron chi connectivity index (χ4n) is 3.36. The van der Waals surface area contributed by atoms with Crippen LogP contribution in [0, 0.1) is 18.7 Å². The third-order valence-corrected chi connectivity index (χ3v) is 5.08. The molecule has 27 heavy (non-hydrogen) atoms. The Morgan fingerprint density at radius 3 is 2.30 bits per heavy atom. The number of carbonyl (C=O) groups is 2. The molecule has 1 N–H and O–H groups in total. The minimum Gasteiger partial charge on any atom is -0.352 e. The SMILES string of the molecule is Cc1ccc(C(=O)N2CCC(CC(=O)NCc3ccc(F)cc3)CC2)cc1. The quantitative estimate of drug-likeness (QED) is 0.875. The van der Waals surface area contributed by atoms with Crippen LogP contribution in [0.5, 0.6) is 0 Å². The summed E-state index contributed by atoms with van der Waals surface area (Å²) >= 11 is 0. The molecule has 2 aromatic rings. The Balaban J connectivity index is 1.42. The van der Waals surface area contributed by atoms with E-state index in [0.717, 1.165) is 29.5 Å². The van der Waals surface area contributed by atoms with Gasteiger partial charge in [0.15, 0.2) is 0 Å². The van der Waals surface area contributed by atoms with E-state index in [2.05, 4.69) is 5.32 Å². The molecule has 142 valence electrons. The van der Waals surface area contributed by atoms with Gasteiger partial charge in [0.2, 0.25) is 5.91 Å². The summed E-state index contributed by atoms with van der Waals surface area (Å²) < 4.78 is 12.9. The van der Waals surface area contributed by atoms with Crippen LogP contribution in [-0.2, 0) is 11.3 Å². The number of benzene rings is 2. The summed E-state index contributed by atoms with van der Waals surface area (Å²) in [6.45, 7) is 3.77. The highest BCUT2D eigenvalue weighted by atomic mass is 19.1. The molecule has 2 aromatic carbocycles. The van der Waals surface area contributed by atoms with E-state index in [1.807, 2.05) is 36.1 Å². The number of carbonyl (C=O) groups excluding carboxylic acids is 2. The van der Waals surface area contributed by atoms with Gasteiger partial charge in [0.1, 0.15) is 5.82 Å². The van der Waals surface area contributed by atoms with Crippen LogP contribution in [0.4, 0.5) is 4.39 Å². The van der Waals surface area contributed by atoms with Crippen molar-refractivity contribution in [3.63, 3.8) is 0 Å². The zero-order valence-corrected chi connectivity index (χ0v) is 15.6. The van der Waals surface area contributed by atoms with Gasteiger partial charge in [-0.2, -0.15) is 0 Å². The molecule has 0 saturated carbocycles. The monoisotopic (exact) mass is 368 g/mol. The number of aryl methyl sites for hydroxylation is 1. The molecule has 1 fully saturated rings. The van der Waals surface area contributed by atoms with E-state index < -0.39 is 0 Å². The lowest BCUT2D eigenvalue weighted by molar-refractivity contribution is -0.122. The third kappa shape index (κ3) is 5.39. The highest BCUT2D eigenvalue weighted by molar-refractivity contribution is 5.94. The first-order chi connectivity index (χ1) is 13.0. The van der Waals surface area contributed by atoms with Crippen molar-refractivity contribution in [3.8, 4) is 0 Å². The Labute approximate surface area is 159 Å². The van der Waals surface area contributed by atoms with Crippen LogP contribution in [0.3, 0.4) is 0 Å². The van der Waals surface area contributed by atoms with E-state index in [1.165, 1.54) is 12.1 Å². The van der Waals surface area contributed by atoms with E-state index >= 15 is 0 Å². The van der Waals surface area contributed by atoms with Crippen LogP contribution < -0.4 is 5.32 Å². The van der Waals surface area contributed by atoms with Crippen molar-refractivity contribution in [1.82, 2.24) is 10.2 Å². The van der Waals surface area contributed by atoms with Crippen molar-refractivity contribution in [3.05, 3.63) is 71.0 Å². The topological polar surface area (TPSA) is 49.4 Å². The zero-order valence-electron chi connectivity index (χ0n) is 15.6. The Bertz CT molecular complexity index is 779. The Hall–Kier alpha value is -2.69. The third-order valence-electron chi connectivity index (χ3n) is 5.08. The van der Waals surface area contributed by atoms with Gasteiger partial charge in [0.05, 0.1) is 0 Å². The van der Waals surface area contributed by atoms with Gasteiger partial charge >= 0.3 is 0 Å². The maximum Gasteiger partial charge on any atom is 0.253 e. The minimum absolute atomic E-state index is 0.00244. The van der Waals surface area contributed by atoms with Gasteiger partial charge in [0, 0.05) is 31.6 Å². The Morgan fingerprint density at radius 2 is 1.67 bits per heavy atom. The smallest absolute Gasteiger partial charge is 0.253 e. The summed E-state index contributed by atoms with van der Waals surface area (Å²) in [5.74, 6) is 0.0779. The summed E-state index contributed by atoms with van der Waals surface area (Å²) in [7, 11) is 0. The molecular weight excluding hydrogens is 343 g/mol. The Kier molecular flexibility index (Phi) is 6.22. The predicted molar refractivity (Wildman–Crippen MR) is 103 cm³/mol. The van der Waals surface area contributed by atoms with Gasteiger partial charge < -0.3 is 10.2 Å². The molecular formula is C22H25FN2O2. The molecule has 0 aromatic heterocycles. The lowest BCUT2D eigenvalue weighted by Gasteiger charge is -2.31. The molecule has 0 unspecified atom stereocenters. The molecule has 1 saturated heterocycles. The molecule has 1 aliphatic heterocycles. The van der Waals surface area contributed by atoms with Crippen LogP contribution in [0.2, 0.25) is 0 Å². The summed E-state index contributed by atoms with van der Waals surface area (Å²) in [5, 5.41) is 2.89. The lowest BCUT2D eigenvalue weighted by atomic mass is 9.92. The number of nitrogens with one attached hydrogen (secondary N) is 1. The van der Waals surface area contributed by atoms with Gasteiger partial charge in [-0.05, 0) is 55.5 Å². The molecule has 0 spiro atoms. The molecule has 4 nitrogen and oxygen atoms in total. The van der Waals surface area contributed by atoms with Crippen molar-refractivity contribution >= 4 is 11.8 Å². The van der Waals surface area contributed by atoms with E-state index in [1.54, 1.807) is 12.1 Å². The van der Waals surface area contributed by atoms with Crippen LogP contribution >= 0.6 is 0 Å². The van der Waals surface area contributed by atoms with Crippen molar-refractivity contribution in [1.29, 1.82) is 0 Å². The Morgan fingerprint density at radius 1 is 1.04 bits per heavy atom. The predicted octanol–water partition coefficient (Wildman–Crippen LogP) is 3.69. The second-order valence-corrected chi connectivity index (χ2v) is 7.21. The number of rotatable bonds is 5. The first kappa shape index (κ1) is 19.1. The second-order valence-electron chi connectivity index (χ2n) is 7.21. The van der Waals surface area contributed by atoms with Gasteiger partial charge in [-0.3, -0.25) is 9.59 Å². The van der Waals surface area contributed by atoms with Crippen LogP contribution in [0.25, 0.3) is 0 Å². The normalized spacial score (nSPS) is 14.8. The number of amides is 2.